The van der Waals surface area contributed by atoms with E-state index in [0.29, 0.717) is 39.2 Å². The van der Waals surface area contributed by atoms with E-state index in [0.717, 1.165) is 0 Å². The Balaban J connectivity index is 1.73. The van der Waals surface area contributed by atoms with Gasteiger partial charge in [-0.05, 0) is 66.7 Å². The number of hydrogen-bond acceptors (Lipinski definition) is 9. The van der Waals surface area contributed by atoms with Gasteiger partial charge in [-0.1, -0.05) is 11.6 Å². The summed E-state index contributed by atoms with van der Waals surface area (Å²) in [5, 5.41) is 21.2. The number of nitriles is 1. The highest BCUT2D eigenvalue weighted by atomic mass is 35.5. The van der Waals surface area contributed by atoms with Crippen LogP contribution in [-0.4, -0.2) is 41.8 Å². The van der Waals surface area contributed by atoms with Gasteiger partial charge in [0.25, 0.3) is 5.91 Å². The molecule has 5 aromatic rings. The normalized spacial score (nSPS) is 10.6. The Morgan fingerprint density at radius 3 is 2.24 bits per heavy atom. The molecule has 0 aliphatic rings. The molecule has 11 nitrogen and oxygen atoms in total. The summed E-state index contributed by atoms with van der Waals surface area (Å²) in [5.41, 5.74) is 8.53. The molecule has 4 N–H and O–H groups in total. The third kappa shape index (κ3) is 5.24. The largest absolute Gasteiger partial charge is 0.497 e. The molecule has 5 rings (SSSR count). The third-order valence-corrected chi connectivity index (χ3v) is 6.51. The molecule has 0 spiro atoms. The highest BCUT2D eigenvalue weighted by Crippen LogP contribution is 2.37. The van der Waals surface area contributed by atoms with E-state index >= 15 is 0 Å². The first kappa shape index (κ1) is 27.1. The number of nitrogens with two attached hydrogens (primary N) is 1. The summed E-state index contributed by atoms with van der Waals surface area (Å²) >= 11 is 6.02. The smallest absolute Gasteiger partial charge is 0.263 e. The van der Waals surface area contributed by atoms with Gasteiger partial charge in [-0.2, -0.15) is 9.78 Å². The first-order chi connectivity index (χ1) is 19.9. The lowest BCUT2D eigenvalue weighted by atomic mass is 10.0. The number of halogens is 1. The van der Waals surface area contributed by atoms with Crippen LogP contribution in [-0.2, 0) is 0 Å². The van der Waals surface area contributed by atoms with Gasteiger partial charge in [-0.15, -0.1) is 5.10 Å². The van der Waals surface area contributed by atoms with Crippen LogP contribution in [0.1, 0.15) is 15.9 Å². The van der Waals surface area contributed by atoms with Gasteiger partial charge in [0, 0.05) is 22.0 Å². The van der Waals surface area contributed by atoms with Crippen molar-refractivity contribution in [1.82, 2.24) is 14.6 Å². The molecule has 3 aromatic carbocycles. The number of nitrogen functional groups attached to an aromatic ring is 1. The van der Waals surface area contributed by atoms with Crippen molar-refractivity contribution < 1.29 is 19.0 Å². The van der Waals surface area contributed by atoms with E-state index in [4.69, 9.17) is 36.5 Å². The van der Waals surface area contributed by atoms with Crippen LogP contribution in [0.25, 0.3) is 16.9 Å². The van der Waals surface area contributed by atoms with Crippen LogP contribution in [0.5, 0.6) is 17.2 Å². The number of nitrogens with one attached hydrogen (secondary N) is 2. The molecule has 1 amide bonds. The van der Waals surface area contributed by atoms with Crippen molar-refractivity contribution in [2.45, 2.75) is 0 Å². The summed E-state index contributed by atoms with van der Waals surface area (Å²) in [6, 6.07) is 20.9. The van der Waals surface area contributed by atoms with Crippen molar-refractivity contribution in [2.75, 3.05) is 37.7 Å². The molecule has 41 heavy (non-hydrogen) atoms. The van der Waals surface area contributed by atoms with E-state index in [1.807, 2.05) is 0 Å². The highest BCUT2D eigenvalue weighted by Gasteiger charge is 2.27. The fourth-order valence-electron chi connectivity index (χ4n) is 4.21. The Bertz CT molecular complexity index is 1800. The van der Waals surface area contributed by atoms with Crippen LogP contribution in [0.15, 0.2) is 66.7 Å². The fraction of sp³-hybridized carbons (Fsp3) is 0.103. The van der Waals surface area contributed by atoms with E-state index in [-0.39, 0.29) is 34.1 Å². The molecular formula is C29H24ClN7O4. The SMILES string of the molecule is COc1ccc(Nc2nn3c(N)c(C#N)c(-c4cc(OC)ccc4OC)nc3c2C(=O)Nc2ccc(Cl)cc2)cc1. The van der Waals surface area contributed by atoms with Gasteiger partial charge in [-0.3, -0.25) is 4.79 Å². The van der Waals surface area contributed by atoms with Crippen molar-refractivity contribution in [2.24, 2.45) is 0 Å². The molecule has 0 radical (unpaired) electrons. The zero-order chi connectivity index (χ0) is 29.1. The molecule has 0 unspecified atom stereocenters. The molecule has 0 saturated carbocycles. The molecule has 0 aliphatic carbocycles. The summed E-state index contributed by atoms with van der Waals surface area (Å²) in [5.74, 6) is 1.24. The van der Waals surface area contributed by atoms with E-state index in [1.165, 1.54) is 18.7 Å². The zero-order valence-electron chi connectivity index (χ0n) is 22.2. The van der Waals surface area contributed by atoms with Crippen LogP contribution >= 0.6 is 11.6 Å². The standard InChI is InChI=1S/C29H24ClN7O4/c1-39-19-10-8-17(9-11-19)33-27-24(29(38)34-18-6-4-16(30)5-7-18)28-35-25(22(15-31)26(32)37(28)36-27)21-14-20(40-2)12-13-23(21)41-3/h4-14H,32H2,1-3H3,(H,33,36)(H,34,38). The van der Waals surface area contributed by atoms with Crippen molar-refractivity contribution in [1.29, 1.82) is 5.26 Å². The quantitative estimate of drug-likeness (QED) is 0.219. The number of anilines is 4. The third-order valence-electron chi connectivity index (χ3n) is 6.26. The Kier molecular flexibility index (Phi) is 7.49. The lowest BCUT2D eigenvalue weighted by Crippen LogP contribution is -2.14. The molecule has 12 heteroatoms. The number of benzene rings is 3. The number of carbonyl (C=O) groups is 1. The van der Waals surface area contributed by atoms with E-state index in [9.17, 15) is 10.1 Å². The first-order valence-electron chi connectivity index (χ1n) is 12.2. The van der Waals surface area contributed by atoms with Crippen LogP contribution in [0, 0.1) is 11.3 Å². The Hall–Kier alpha value is -5.47. The molecule has 206 valence electrons. The second-order valence-electron chi connectivity index (χ2n) is 8.67. The molecule has 0 atom stereocenters. The lowest BCUT2D eigenvalue weighted by Gasteiger charge is -2.13. The molecular weight excluding hydrogens is 546 g/mol. The first-order valence-corrected chi connectivity index (χ1v) is 12.6. The summed E-state index contributed by atoms with van der Waals surface area (Å²) in [6.07, 6.45) is 0. The molecule has 0 bridgehead atoms. The summed E-state index contributed by atoms with van der Waals surface area (Å²) < 4.78 is 17.4. The number of methoxy groups -OCH3 is 3. The monoisotopic (exact) mass is 569 g/mol. The van der Waals surface area contributed by atoms with Gasteiger partial charge >= 0.3 is 0 Å². The topological polar surface area (TPSA) is 149 Å². The molecule has 0 saturated heterocycles. The number of amides is 1. The average Bonchev–Trinajstić information content (AvgIpc) is 3.36. The average molecular weight is 570 g/mol. The van der Waals surface area contributed by atoms with Crippen molar-refractivity contribution in [3.63, 3.8) is 0 Å². The molecule has 2 heterocycles. The predicted molar refractivity (Wildman–Crippen MR) is 156 cm³/mol. The minimum absolute atomic E-state index is 0.0132. The van der Waals surface area contributed by atoms with Crippen LogP contribution in [0.3, 0.4) is 0 Å². The molecule has 0 aliphatic heterocycles. The number of carbonyl (C=O) groups excluding carboxylic acids is 1. The van der Waals surface area contributed by atoms with E-state index < -0.39 is 5.91 Å². The number of nitrogens with zero attached hydrogens (tertiary/aromatic N) is 4. The summed E-state index contributed by atoms with van der Waals surface area (Å²) in [6.45, 7) is 0. The van der Waals surface area contributed by atoms with E-state index in [1.54, 1.807) is 73.8 Å². The number of hydrogen-bond donors (Lipinski definition) is 3. The van der Waals surface area contributed by atoms with Gasteiger partial charge in [0.2, 0.25) is 0 Å². The van der Waals surface area contributed by atoms with Crippen molar-refractivity contribution >= 4 is 46.2 Å². The number of aromatic nitrogens is 3. The Morgan fingerprint density at radius 2 is 1.61 bits per heavy atom. The minimum Gasteiger partial charge on any atom is -0.497 e. The summed E-state index contributed by atoms with van der Waals surface area (Å²) in [7, 11) is 4.59. The van der Waals surface area contributed by atoms with Crippen LogP contribution in [0.2, 0.25) is 5.02 Å². The maximum absolute atomic E-state index is 13.8. The van der Waals surface area contributed by atoms with Gasteiger partial charge in [0.05, 0.1) is 27.0 Å². The van der Waals surface area contributed by atoms with E-state index in [2.05, 4.69) is 21.8 Å². The fourth-order valence-corrected chi connectivity index (χ4v) is 4.33. The van der Waals surface area contributed by atoms with Gasteiger partial charge < -0.3 is 30.6 Å². The van der Waals surface area contributed by atoms with Gasteiger partial charge in [0.15, 0.2) is 11.5 Å². The minimum atomic E-state index is -0.515. The maximum Gasteiger partial charge on any atom is 0.263 e. The number of fused-ring (bicyclic) bond motifs is 1. The van der Waals surface area contributed by atoms with Crippen molar-refractivity contribution in [3.05, 3.63) is 82.9 Å². The second kappa shape index (κ2) is 11.3. The Morgan fingerprint density at radius 1 is 0.951 bits per heavy atom. The van der Waals surface area contributed by atoms with Crippen LogP contribution in [0.4, 0.5) is 23.0 Å². The number of rotatable bonds is 8. The Labute approximate surface area is 240 Å². The molecule has 0 fully saturated rings. The molecule has 2 aromatic heterocycles. The maximum atomic E-state index is 13.8. The van der Waals surface area contributed by atoms with Crippen molar-refractivity contribution in [3.8, 4) is 34.6 Å². The summed E-state index contributed by atoms with van der Waals surface area (Å²) in [4.78, 5) is 18.5. The van der Waals surface area contributed by atoms with Crippen LogP contribution < -0.4 is 30.6 Å². The lowest BCUT2D eigenvalue weighted by molar-refractivity contribution is 0.102. The predicted octanol–water partition coefficient (Wildman–Crippen LogP) is 5.53. The number of ether oxygens (including phenoxy) is 3. The second-order valence-corrected chi connectivity index (χ2v) is 9.11. The highest BCUT2D eigenvalue weighted by molar-refractivity contribution is 6.30. The van der Waals surface area contributed by atoms with Gasteiger partial charge in [-0.25, -0.2) is 4.98 Å². The zero-order valence-corrected chi connectivity index (χ0v) is 23.0. The van der Waals surface area contributed by atoms with Gasteiger partial charge in [0.1, 0.15) is 40.3 Å².